The smallest absolute Gasteiger partial charge is 0.317 e. The first-order valence-electron chi connectivity index (χ1n) is 12.6. The van der Waals surface area contributed by atoms with Crippen molar-refractivity contribution >= 4 is 11.8 Å². The third-order valence-corrected chi connectivity index (χ3v) is 6.65. The number of hydrogen-bond donors (Lipinski definition) is 1. The summed E-state index contributed by atoms with van der Waals surface area (Å²) in [6.45, 7) is 4.97. The van der Waals surface area contributed by atoms with Gasteiger partial charge in [-0.3, -0.25) is 0 Å². The summed E-state index contributed by atoms with van der Waals surface area (Å²) in [5, 5.41) is 3.02. The van der Waals surface area contributed by atoms with Gasteiger partial charge < -0.3 is 15.1 Å². The fraction of sp³-hybridized carbons (Fsp3) is 0.233. The predicted molar refractivity (Wildman–Crippen MR) is 144 cm³/mol. The minimum atomic E-state index is -0.316. The zero-order chi connectivity index (χ0) is 25.6. The second kappa shape index (κ2) is 11.2. The molecule has 0 unspecified atom stereocenters. The van der Waals surface area contributed by atoms with Gasteiger partial charge in [0, 0.05) is 56.0 Å². The van der Waals surface area contributed by atoms with Crippen LogP contribution in [0.25, 0.3) is 11.4 Å². The van der Waals surface area contributed by atoms with Gasteiger partial charge in [-0.05, 0) is 30.2 Å². The number of amides is 2. The number of nitrogens with zero attached hydrogens (tertiary/aromatic N) is 4. The molecule has 0 bridgehead atoms. The maximum absolute atomic E-state index is 14.0. The van der Waals surface area contributed by atoms with E-state index in [1.165, 1.54) is 17.7 Å². The van der Waals surface area contributed by atoms with E-state index in [9.17, 15) is 9.18 Å². The number of halogens is 1. The topological polar surface area (TPSA) is 61.4 Å². The van der Waals surface area contributed by atoms with E-state index in [0.717, 1.165) is 22.6 Å². The van der Waals surface area contributed by atoms with Gasteiger partial charge in [0.1, 0.15) is 11.6 Å². The fourth-order valence-corrected chi connectivity index (χ4v) is 4.61. The number of benzene rings is 3. The quantitative estimate of drug-likeness (QED) is 0.399. The number of nitrogens with one attached hydrogen (secondary N) is 1. The van der Waals surface area contributed by atoms with Crippen molar-refractivity contribution in [3.63, 3.8) is 0 Å². The van der Waals surface area contributed by atoms with Gasteiger partial charge in [0.2, 0.25) is 0 Å². The summed E-state index contributed by atoms with van der Waals surface area (Å²) in [6.07, 6.45) is 0.698. The number of carbonyl (C=O) groups excluding carboxylic acids is 1. The van der Waals surface area contributed by atoms with Crippen LogP contribution >= 0.6 is 0 Å². The lowest BCUT2D eigenvalue weighted by molar-refractivity contribution is 0.194. The molecule has 2 heterocycles. The highest BCUT2D eigenvalue weighted by molar-refractivity contribution is 5.74. The van der Waals surface area contributed by atoms with Crippen LogP contribution in [0.4, 0.5) is 15.0 Å². The highest BCUT2D eigenvalue weighted by atomic mass is 19.1. The molecule has 0 atom stereocenters. The summed E-state index contributed by atoms with van der Waals surface area (Å²) in [5.41, 5.74) is 4.81. The van der Waals surface area contributed by atoms with Crippen LogP contribution in [0.3, 0.4) is 0 Å². The first-order valence-corrected chi connectivity index (χ1v) is 12.6. The second-order valence-electron chi connectivity index (χ2n) is 9.23. The van der Waals surface area contributed by atoms with Crippen LogP contribution in [0, 0.1) is 12.7 Å². The molecule has 1 saturated heterocycles. The number of hydrogen-bond acceptors (Lipinski definition) is 4. The van der Waals surface area contributed by atoms with Gasteiger partial charge in [-0.2, -0.15) is 0 Å². The van der Waals surface area contributed by atoms with Crippen molar-refractivity contribution in [2.24, 2.45) is 0 Å². The van der Waals surface area contributed by atoms with E-state index < -0.39 is 0 Å². The molecule has 2 amide bonds. The van der Waals surface area contributed by atoms with Gasteiger partial charge in [0.25, 0.3) is 0 Å². The number of carbonyl (C=O) groups is 1. The molecule has 0 aliphatic carbocycles. The molecule has 0 radical (unpaired) electrons. The maximum Gasteiger partial charge on any atom is 0.317 e. The Morgan fingerprint density at radius 1 is 0.865 bits per heavy atom. The lowest BCUT2D eigenvalue weighted by atomic mass is 10.0. The van der Waals surface area contributed by atoms with Crippen LogP contribution < -0.4 is 10.2 Å². The molecule has 0 saturated carbocycles. The highest BCUT2D eigenvalue weighted by Crippen LogP contribution is 2.28. The molecule has 0 spiro atoms. The molecule has 1 fully saturated rings. The van der Waals surface area contributed by atoms with Gasteiger partial charge in [-0.15, -0.1) is 0 Å². The number of rotatable bonds is 6. The first kappa shape index (κ1) is 24.4. The van der Waals surface area contributed by atoms with Crippen LogP contribution in [0.2, 0.25) is 0 Å². The van der Waals surface area contributed by atoms with E-state index in [4.69, 9.17) is 9.97 Å². The molecular formula is C30H30FN5O. The summed E-state index contributed by atoms with van der Waals surface area (Å²) in [6, 6.07) is 26.5. The Bertz CT molecular complexity index is 1360. The van der Waals surface area contributed by atoms with Crippen molar-refractivity contribution in [2.45, 2.75) is 19.9 Å². The van der Waals surface area contributed by atoms with E-state index in [1.54, 1.807) is 6.07 Å². The molecule has 1 aromatic heterocycles. The molecule has 6 nitrogen and oxygen atoms in total. The zero-order valence-corrected chi connectivity index (χ0v) is 20.9. The molecule has 37 heavy (non-hydrogen) atoms. The Morgan fingerprint density at radius 2 is 1.54 bits per heavy atom. The number of aromatic nitrogens is 2. The van der Waals surface area contributed by atoms with Gasteiger partial charge in [-0.25, -0.2) is 19.2 Å². The number of aryl methyl sites for hydroxylation is 1. The lowest BCUT2D eigenvalue weighted by Crippen LogP contribution is -2.52. The summed E-state index contributed by atoms with van der Waals surface area (Å²) >= 11 is 0. The Hall–Kier alpha value is -4.26. The second-order valence-corrected chi connectivity index (χ2v) is 9.23. The monoisotopic (exact) mass is 495 g/mol. The summed E-state index contributed by atoms with van der Waals surface area (Å²) < 4.78 is 14.0. The molecule has 188 valence electrons. The summed E-state index contributed by atoms with van der Waals surface area (Å²) in [4.78, 5) is 26.5. The molecule has 4 aromatic rings. The Labute approximate surface area is 216 Å². The Morgan fingerprint density at radius 3 is 2.22 bits per heavy atom. The normalized spacial score (nSPS) is 13.5. The highest BCUT2D eigenvalue weighted by Gasteiger charge is 2.25. The van der Waals surface area contributed by atoms with Gasteiger partial charge in [0.15, 0.2) is 5.82 Å². The Balaban J connectivity index is 1.36. The van der Waals surface area contributed by atoms with Crippen LogP contribution in [-0.4, -0.2) is 47.1 Å². The predicted octanol–water partition coefficient (Wildman–Crippen LogP) is 5.21. The van der Waals surface area contributed by atoms with Crippen LogP contribution in [0.15, 0.2) is 84.9 Å². The lowest BCUT2D eigenvalue weighted by Gasteiger charge is -2.36. The van der Waals surface area contributed by atoms with Crippen molar-refractivity contribution in [3.05, 3.63) is 113 Å². The van der Waals surface area contributed by atoms with Crippen LogP contribution in [-0.2, 0) is 13.0 Å². The Kier molecular flexibility index (Phi) is 7.40. The summed E-state index contributed by atoms with van der Waals surface area (Å²) in [7, 11) is 0. The van der Waals surface area contributed by atoms with E-state index in [0.29, 0.717) is 50.5 Å². The largest absolute Gasteiger partial charge is 0.353 e. The standard InChI is InChI=1S/C30H30FN5O/c1-22-27(19-23-9-4-2-5-10-23)29(34-28(33-22)25-13-8-14-26(31)20-25)35-15-17-36(18-16-35)30(37)32-21-24-11-6-3-7-12-24/h2-14,20H,15-19,21H2,1H3,(H,32,37). The molecule has 5 rings (SSSR count). The molecule has 7 heteroatoms. The van der Waals surface area contributed by atoms with Gasteiger partial charge >= 0.3 is 6.03 Å². The van der Waals surface area contributed by atoms with Gasteiger partial charge in [-0.1, -0.05) is 72.8 Å². The third-order valence-electron chi connectivity index (χ3n) is 6.65. The SMILES string of the molecule is Cc1nc(-c2cccc(F)c2)nc(N2CCN(C(=O)NCc3ccccc3)CC2)c1Cc1ccccc1. The van der Waals surface area contributed by atoms with Crippen molar-refractivity contribution in [1.29, 1.82) is 0 Å². The van der Waals surface area contributed by atoms with Crippen molar-refractivity contribution in [2.75, 3.05) is 31.1 Å². The minimum absolute atomic E-state index is 0.0627. The van der Waals surface area contributed by atoms with E-state index in [2.05, 4.69) is 22.3 Å². The first-order chi connectivity index (χ1) is 18.1. The number of anilines is 1. The van der Waals surface area contributed by atoms with Crippen molar-refractivity contribution in [3.8, 4) is 11.4 Å². The zero-order valence-electron chi connectivity index (χ0n) is 20.9. The number of piperazine rings is 1. The van der Waals surface area contributed by atoms with E-state index in [-0.39, 0.29) is 11.8 Å². The molecule has 1 aliphatic rings. The molecule has 3 aromatic carbocycles. The summed E-state index contributed by atoms with van der Waals surface area (Å²) in [5.74, 6) is 1.04. The van der Waals surface area contributed by atoms with Crippen LogP contribution in [0.1, 0.15) is 22.4 Å². The van der Waals surface area contributed by atoms with E-state index in [1.807, 2.05) is 66.4 Å². The minimum Gasteiger partial charge on any atom is -0.353 e. The van der Waals surface area contributed by atoms with Crippen molar-refractivity contribution in [1.82, 2.24) is 20.2 Å². The maximum atomic E-state index is 14.0. The fourth-order valence-electron chi connectivity index (χ4n) is 4.61. The van der Waals surface area contributed by atoms with E-state index >= 15 is 0 Å². The molecule has 1 N–H and O–H groups in total. The van der Waals surface area contributed by atoms with Gasteiger partial charge in [0.05, 0.1) is 0 Å². The molecular weight excluding hydrogens is 465 g/mol. The number of urea groups is 1. The van der Waals surface area contributed by atoms with Crippen molar-refractivity contribution < 1.29 is 9.18 Å². The van der Waals surface area contributed by atoms with Crippen LogP contribution in [0.5, 0.6) is 0 Å². The average Bonchev–Trinajstić information content (AvgIpc) is 2.94. The molecule has 1 aliphatic heterocycles. The third kappa shape index (κ3) is 5.94. The average molecular weight is 496 g/mol.